The molecule has 1 atom stereocenters. The van der Waals surface area contributed by atoms with Gasteiger partial charge in [0.05, 0.1) is 31.3 Å². The Morgan fingerprint density at radius 2 is 1.57 bits per heavy atom. The molecule has 152 valence electrons. The molecule has 2 aromatic rings. The quantitative estimate of drug-likeness (QED) is 0.673. The van der Waals surface area contributed by atoms with Gasteiger partial charge in [0, 0.05) is 7.05 Å². The lowest BCUT2D eigenvalue weighted by atomic mass is 10.4. The van der Waals surface area contributed by atoms with E-state index in [1.807, 2.05) is 0 Å². The van der Waals surface area contributed by atoms with Crippen molar-refractivity contribution in [1.82, 2.24) is 5.32 Å². The average molecular weight is 466 g/mol. The van der Waals surface area contributed by atoms with Gasteiger partial charge in [-0.1, -0.05) is 47.5 Å². The third-order valence-corrected chi connectivity index (χ3v) is 8.19. The molecule has 2 rings (SSSR count). The molecule has 0 saturated carbocycles. The summed E-state index contributed by atoms with van der Waals surface area (Å²) in [5.41, 5.74) is 0. The second-order valence-corrected chi connectivity index (χ2v) is 10.5. The summed E-state index contributed by atoms with van der Waals surface area (Å²) in [6, 6.07) is 11.5. The molecule has 7 nitrogen and oxygen atoms in total. The van der Waals surface area contributed by atoms with E-state index in [-0.39, 0.29) is 19.8 Å². The van der Waals surface area contributed by atoms with Gasteiger partial charge in [-0.3, -0.25) is 0 Å². The minimum absolute atomic E-state index is 0.0151. The van der Waals surface area contributed by atoms with Gasteiger partial charge in [0.25, 0.3) is 0 Å². The first-order chi connectivity index (χ1) is 13.1. The summed E-state index contributed by atoms with van der Waals surface area (Å²) >= 11 is 11.8. The Bertz CT molecular complexity index is 1060. The Morgan fingerprint density at radius 1 is 0.964 bits per heavy atom. The summed E-state index contributed by atoms with van der Waals surface area (Å²) < 4.78 is 55.7. The summed E-state index contributed by atoms with van der Waals surface area (Å²) in [7, 11) is -6.75. The molecule has 0 radical (unpaired) electrons. The van der Waals surface area contributed by atoms with Crippen molar-refractivity contribution >= 4 is 49.0 Å². The molecule has 1 unspecified atom stereocenters. The van der Waals surface area contributed by atoms with Gasteiger partial charge in [0.2, 0.25) is 0 Å². The van der Waals surface area contributed by atoms with E-state index in [2.05, 4.69) is 5.32 Å². The molecule has 28 heavy (non-hydrogen) atoms. The zero-order valence-corrected chi connectivity index (χ0v) is 17.8. The number of rotatable bonds is 7. The summed E-state index contributed by atoms with van der Waals surface area (Å²) in [5.74, 6) is -1.51. The molecule has 0 heterocycles. The smallest absolute Gasteiger partial charge is 0.407 e. The first-order valence-corrected chi connectivity index (χ1v) is 12.0. The van der Waals surface area contributed by atoms with Gasteiger partial charge >= 0.3 is 6.09 Å². The SMILES string of the molecule is CNC(=O)OC(CS(=O)(=O)c1ccccc1)CS(=O)(=O)c1cccc(Cl)c1Cl. The number of hydrogen-bond acceptors (Lipinski definition) is 6. The molecular weight excluding hydrogens is 449 g/mol. The van der Waals surface area contributed by atoms with E-state index in [1.54, 1.807) is 6.07 Å². The zero-order valence-electron chi connectivity index (χ0n) is 14.6. The fourth-order valence-electron chi connectivity index (χ4n) is 2.35. The molecule has 0 aliphatic heterocycles. The van der Waals surface area contributed by atoms with Crippen LogP contribution in [-0.4, -0.2) is 47.6 Å². The van der Waals surface area contributed by atoms with Crippen LogP contribution in [-0.2, 0) is 24.4 Å². The van der Waals surface area contributed by atoms with Crippen molar-refractivity contribution in [3.05, 3.63) is 58.6 Å². The van der Waals surface area contributed by atoms with Crippen LogP contribution < -0.4 is 5.32 Å². The number of benzene rings is 2. The van der Waals surface area contributed by atoms with Crippen LogP contribution in [0.5, 0.6) is 0 Å². The van der Waals surface area contributed by atoms with E-state index in [1.165, 1.54) is 49.5 Å². The van der Waals surface area contributed by atoms with Crippen LogP contribution in [0.4, 0.5) is 4.79 Å². The van der Waals surface area contributed by atoms with Crippen molar-refractivity contribution in [2.24, 2.45) is 0 Å². The molecule has 0 aromatic heterocycles. The molecule has 0 spiro atoms. The molecule has 0 saturated heterocycles. The zero-order chi connectivity index (χ0) is 20.9. The fraction of sp³-hybridized carbons (Fsp3) is 0.235. The highest BCUT2D eigenvalue weighted by atomic mass is 35.5. The third kappa shape index (κ3) is 5.60. The van der Waals surface area contributed by atoms with Crippen molar-refractivity contribution in [2.45, 2.75) is 15.9 Å². The predicted octanol–water partition coefficient (Wildman–Crippen LogP) is 2.97. The molecule has 0 fully saturated rings. The first-order valence-electron chi connectivity index (χ1n) is 7.90. The third-order valence-electron chi connectivity index (χ3n) is 3.64. The summed E-state index contributed by atoms with van der Waals surface area (Å²) in [4.78, 5) is 11.3. The van der Waals surface area contributed by atoms with Crippen molar-refractivity contribution in [1.29, 1.82) is 0 Å². The van der Waals surface area contributed by atoms with Crippen molar-refractivity contribution in [3.8, 4) is 0 Å². The number of amides is 1. The number of nitrogens with one attached hydrogen (secondary N) is 1. The molecule has 2 aromatic carbocycles. The molecular formula is C17H17Cl2NO6S2. The molecule has 0 aliphatic rings. The van der Waals surface area contributed by atoms with Crippen LogP contribution in [0.3, 0.4) is 0 Å². The van der Waals surface area contributed by atoms with Crippen LogP contribution in [0.25, 0.3) is 0 Å². The number of hydrogen-bond donors (Lipinski definition) is 1. The van der Waals surface area contributed by atoms with Crippen LogP contribution in [0.2, 0.25) is 10.0 Å². The lowest BCUT2D eigenvalue weighted by Gasteiger charge is -2.18. The van der Waals surface area contributed by atoms with Gasteiger partial charge in [-0.2, -0.15) is 0 Å². The molecule has 0 bridgehead atoms. The highest BCUT2D eigenvalue weighted by molar-refractivity contribution is 7.92. The average Bonchev–Trinajstić information content (AvgIpc) is 2.63. The largest absolute Gasteiger partial charge is 0.444 e. The Kier molecular flexibility index (Phi) is 7.33. The number of carbonyl (C=O) groups excluding carboxylic acids is 1. The van der Waals surface area contributed by atoms with Gasteiger partial charge in [-0.05, 0) is 24.3 Å². The minimum Gasteiger partial charge on any atom is -0.444 e. The first kappa shape index (κ1) is 22.5. The second-order valence-electron chi connectivity index (χ2n) is 5.71. The number of alkyl carbamates (subject to hydrolysis) is 1. The lowest BCUT2D eigenvalue weighted by molar-refractivity contribution is 0.120. The van der Waals surface area contributed by atoms with Gasteiger partial charge in [0.1, 0.15) is 6.10 Å². The van der Waals surface area contributed by atoms with Crippen LogP contribution in [0.15, 0.2) is 58.3 Å². The lowest BCUT2D eigenvalue weighted by Crippen LogP contribution is -2.36. The number of halogens is 2. The summed E-state index contributed by atoms with van der Waals surface area (Å²) in [6.07, 6.45) is -2.43. The van der Waals surface area contributed by atoms with Crippen LogP contribution in [0.1, 0.15) is 0 Å². The van der Waals surface area contributed by atoms with Gasteiger partial charge in [-0.15, -0.1) is 0 Å². The van der Waals surface area contributed by atoms with Gasteiger partial charge in [-0.25, -0.2) is 21.6 Å². The highest BCUT2D eigenvalue weighted by Crippen LogP contribution is 2.30. The van der Waals surface area contributed by atoms with Crippen LogP contribution in [0, 0.1) is 0 Å². The van der Waals surface area contributed by atoms with Crippen molar-refractivity contribution < 1.29 is 26.4 Å². The van der Waals surface area contributed by atoms with Crippen molar-refractivity contribution in [2.75, 3.05) is 18.6 Å². The predicted molar refractivity (Wildman–Crippen MR) is 106 cm³/mol. The highest BCUT2D eigenvalue weighted by Gasteiger charge is 2.31. The van der Waals surface area contributed by atoms with E-state index in [0.29, 0.717) is 0 Å². The maximum Gasteiger partial charge on any atom is 0.407 e. The van der Waals surface area contributed by atoms with E-state index in [4.69, 9.17) is 27.9 Å². The summed E-state index contributed by atoms with van der Waals surface area (Å²) in [5, 5.41) is 2.01. The van der Waals surface area contributed by atoms with E-state index >= 15 is 0 Å². The monoisotopic (exact) mass is 465 g/mol. The second kappa shape index (κ2) is 9.13. The molecule has 1 N–H and O–H groups in total. The number of sulfone groups is 2. The fourth-order valence-corrected chi connectivity index (χ4v) is 6.18. The summed E-state index contributed by atoms with van der Waals surface area (Å²) in [6.45, 7) is 0. The Labute approximate surface area is 173 Å². The molecule has 1 amide bonds. The maximum atomic E-state index is 12.8. The Balaban J connectivity index is 2.36. The van der Waals surface area contributed by atoms with E-state index in [0.717, 1.165) is 0 Å². The van der Waals surface area contributed by atoms with Gasteiger partial charge in [0.15, 0.2) is 19.7 Å². The topological polar surface area (TPSA) is 107 Å². The minimum atomic E-state index is -4.11. The van der Waals surface area contributed by atoms with Crippen LogP contribution >= 0.6 is 23.2 Å². The Hall–Kier alpha value is -1.81. The van der Waals surface area contributed by atoms with Gasteiger partial charge < -0.3 is 10.1 Å². The number of carbonyl (C=O) groups is 1. The van der Waals surface area contributed by atoms with E-state index in [9.17, 15) is 21.6 Å². The molecule has 11 heteroatoms. The Morgan fingerprint density at radius 3 is 2.18 bits per heavy atom. The standard InChI is InChI=1S/C17H17Cl2NO6S2/c1-20-17(21)26-12(10-27(22,23)13-6-3-2-4-7-13)11-28(24,25)15-9-5-8-14(18)16(15)19/h2-9,12H,10-11H2,1H3,(H,20,21). The molecule has 0 aliphatic carbocycles. The number of ether oxygens (including phenoxy) is 1. The normalized spacial score (nSPS) is 13.0. The van der Waals surface area contributed by atoms with E-state index < -0.39 is 43.4 Å². The van der Waals surface area contributed by atoms with Crippen molar-refractivity contribution in [3.63, 3.8) is 0 Å². The maximum absolute atomic E-state index is 12.8.